The second-order valence-electron chi connectivity index (χ2n) is 6.49. The van der Waals surface area contributed by atoms with Crippen LogP contribution in [0.1, 0.15) is 65.0 Å². The smallest absolute Gasteiger partial charge is 0.0781 e. The van der Waals surface area contributed by atoms with Gasteiger partial charge in [0, 0.05) is 12.6 Å². The van der Waals surface area contributed by atoms with Crippen molar-refractivity contribution in [1.82, 2.24) is 5.32 Å². The third-order valence-electron chi connectivity index (χ3n) is 3.88. The Balaban J connectivity index is 2.61. The first kappa shape index (κ1) is 19.1. The summed E-state index contributed by atoms with van der Waals surface area (Å²) in [7, 11) is 0. The molecule has 0 aromatic heterocycles. The standard InChI is InChI=1S/C17H26Cl3N/c1-5-6-7-10-17(3,4)11-21-12(2)13-8-9-14(18)16(20)15(13)19/h8-9,12,21H,5-7,10-11H2,1-4H3. The average Bonchev–Trinajstić information content (AvgIpc) is 2.43. The van der Waals surface area contributed by atoms with E-state index in [1.165, 1.54) is 25.7 Å². The van der Waals surface area contributed by atoms with Gasteiger partial charge in [0.25, 0.3) is 0 Å². The highest BCUT2D eigenvalue weighted by molar-refractivity contribution is 6.48. The predicted octanol–water partition coefficient (Wildman–Crippen LogP) is 6.90. The second-order valence-corrected chi connectivity index (χ2v) is 7.65. The average molecular weight is 351 g/mol. The first-order valence-corrected chi connectivity index (χ1v) is 8.78. The van der Waals surface area contributed by atoms with E-state index >= 15 is 0 Å². The Kier molecular flexibility index (Phi) is 7.84. The number of unbranched alkanes of at least 4 members (excludes halogenated alkanes) is 2. The molecule has 0 heterocycles. The maximum absolute atomic E-state index is 6.29. The molecule has 0 aliphatic rings. The molecule has 4 heteroatoms. The van der Waals surface area contributed by atoms with Gasteiger partial charge in [0.2, 0.25) is 0 Å². The van der Waals surface area contributed by atoms with Gasteiger partial charge in [-0.3, -0.25) is 0 Å². The van der Waals surface area contributed by atoms with Crippen LogP contribution >= 0.6 is 34.8 Å². The Bertz CT molecular complexity index is 458. The normalized spacial score (nSPS) is 13.5. The summed E-state index contributed by atoms with van der Waals surface area (Å²) < 4.78 is 0. The molecular formula is C17H26Cl3N. The number of hydrogen-bond acceptors (Lipinski definition) is 1. The Labute approximate surface area is 144 Å². The molecule has 1 nitrogen and oxygen atoms in total. The van der Waals surface area contributed by atoms with Crippen LogP contribution in [0.15, 0.2) is 12.1 Å². The Morgan fingerprint density at radius 2 is 1.76 bits per heavy atom. The molecule has 1 N–H and O–H groups in total. The van der Waals surface area contributed by atoms with Crippen molar-refractivity contribution in [3.63, 3.8) is 0 Å². The maximum atomic E-state index is 6.29. The zero-order chi connectivity index (χ0) is 16.0. The molecule has 0 aliphatic heterocycles. The summed E-state index contributed by atoms with van der Waals surface area (Å²) in [5, 5.41) is 5.05. The lowest BCUT2D eigenvalue weighted by Crippen LogP contribution is -2.31. The van der Waals surface area contributed by atoms with Gasteiger partial charge in [-0.1, -0.05) is 80.9 Å². The highest BCUT2D eigenvalue weighted by atomic mass is 35.5. The fraction of sp³-hybridized carbons (Fsp3) is 0.647. The summed E-state index contributed by atoms with van der Waals surface area (Å²) in [5.41, 5.74) is 1.28. The van der Waals surface area contributed by atoms with Crippen molar-refractivity contribution in [2.45, 2.75) is 59.4 Å². The van der Waals surface area contributed by atoms with Crippen molar-refractivity contribution >= 4 is 34.8 Å². The summed E-state index contributed by atoms with van der Waals surface area (Å²) in [6.07, 6.45) is 5.08. The largest absolute Gasteiger partial charge is 0.310 e. The number of rotatable bonds is 8. The maximum Gasteiger partial charge on any atom is 0.0781 e. The summed E-state index contributed by atoms with van der Waals surface area (Å²) in [5.74, 6) is 0. The van der Waals surface area contributed by atoms with Crippen LogP contribution in [0.25, 0.3) is 0 Å². The molecule has 0 bridgehead atoms. The molecule has 120 valence electrons. The van der Waals surface area contributed by atoms with Crippen LogP contribution in [-0.2, 0) is 0 Å². The minimum atomic E-state index is 0.151. The molecule has 1 unspecified atom stereocenters. The summed E-state index contributed by atoms with van der Waals surface area (Å²) in [6, 6.07) is 3.89. The molecule has 0 saturated carbocycles. The van der Waals surface area contributed by atoms with Gasteiger partial charge in [-0.05, 0) is 30.4 Å². The highest BCUT2D eigenvalue weighted by Gasteiger charge is 2.20. The minimum Gasteiger partial charge on any atom is -0.310 e. The molecule has 0 spiro atoms. The highest BCUT2D eigenvalue weighted by Crippen LogP contribution is 2.35. The third kappa shape index (κ3) is 5.98. The Morgan fingerprint density at radius 3 is 2.38 bits per heavy atom. The zero-order valence-corrected chi connectivity index (χ0v) is 15.7. The molecule has 1 aromatic carbocycles. The van der Waals surface area contributed by atoms with Gasteiger partial charge < -0.3 is 5.32 Å². The first-order chi connectivity index (χ1) is 9.78. The van der Waals surface area contributed by atoms with Gasteiger partial charge in [-0.2, -0.15) is 0 Å². The van der Waals surface area contributed by atoms with E-state index in [1.54, 1.807) is 6.07 Å². The van der Waals surface area contributed by atoms with Crippen molar-refractivity contribution in [3.8, 4) is 0 Å². The van der Waals surface area contributed by atoms with Crippen LogP contribution in [0.4, 0.5) is 0 Å². The van der Waals surface area contributed by atoms with E-state index in [0.29, 0.717) is 15.1 Å². The van der Waals surface area contributed by atoms with Crippen LogP contribution in [0.5, 0.6) is 0 Å². The molecule has 1 rings (SSSR count). The lowest BCUT2D eigenvalue weighted by molar-refractivity contribution is 0.291. The number of nitrogens with one attached hydrogen (secondary N) is 1. The van der Waals surface area contributed by atoms with Crippen molar-refractivity contribution in [2.75, 3.05) is 6.54 Å². The van der Waals surface area contributed by atoms with Crippen molar-refractivity contribution < 1.29 is 0 Å². The van der Waals surface area contributed by atoms with Crippen LogP contribution in [0, 0.1) is 5.41 Å². The van der Waals surface area contributed by atoms with Gasteiger partial charge in [0.1, 0.15) is 0 Å². The topological polar surface area (TPSA) is 12.0 Å². The van der Waals surface area contributed by atoms with E-state index in [1.807, 2.05) is 6.07 Å². The van der Waals surface area contributed by atoms with Gasteiger partial charge in [-0.25, -0.2) is 0 Å². The summed E-state index contributed by atoms with van der Waals surface area (Å²) in [6.45, 7) is 9.90. The Morgan fingerprint density at radius 1 is 1.10 bits per heavy atom. The fourth-order valence-corrected chi connectivity index (χ4v) is 3.06. The first-order valence-electron chi connectivity index (χ1n) is 7.65. The molecule has 0 fully saturated rings. The van der Waals surface area contributed by atoms with E-state index in [9.17, 15) is 0 Å². The number of benzene rings is 1. The molecule has 0 radical (unpaired) electrons. The second kappa shape index (κ2) is 8.62. The molecular weight excluding hydrogens is 325 g/mol. The molecule has 0 aliphatic carbocycles. The monoisotopic (exact) mass is 349 g/mol. The van der Waals surface area contributed by atoms with Crippen molar-refractivity contribution in [3.05, 3.63) is 32.8 Å². The molecule has 1 atom stereocenters. The lowest BCUT2D eigenvalue weighted by atomic mass is 9.86. The lowest BCUT2D eigenvalue weighted by Gasteiger charge is -2.28. The van der Waals surface area contributed by atoms with Crippen LogP contribution < -0.4 is 5.32 Å². The number of hydrogen-bond donors (Lipinski definition) is 1. The van der Waals surface area contributed by atoms with Crippen molar-refractivity contribution in [2.24, 2.45) is 5.41 Å². The quantitative estimate of drug-likeness (QED) is 0.397. The Hall–Kier alpha value is 0.0500. The summed E-state index contributed by atoms with van der Waals surface area (Å²) in [4.78, 5) is 0. The third-order valence-corrected chi connectivity index (χ3v) is 5.18. The van der Waals surface area contributed by atoms with Crippen LogP contribution in [0.2, 0.25) is 15.1 Å². The zero-order valence-electron chi connectivity index (χ0n) is 13.4. The van der Waals surface area contributed by atoms with E-state index in [4.69, 9.17) is 34.8 Å². The SMILES string of the molecule is CCCCCC(C)(C)CNC(C)c1ccc(Cl)c(Cl)c1Cl. The van der Waals surface area contributed by atoms with Crippen LogP contribution in [-0.4, -0.2) is 6.54 Å². The van der Waals surface area contributed by atoms with Gasteiger partial charge in [0.05, 0.1) is 15.1 Å². The van der Waals surface area contributed by atoms with Crippen molar-refractivity contribution in [1.29, 1.82) is 0 Å². The van der Waals surface area contributed by atoms with E-state index in [0.717, 1.165) is 12.1 Å². The van der Waals surface area contributed by atoms with Crippen LogP contribution in [0.3, 0.4) is 0 Å². The van der Waals surface area contributed by atoms with Gasteiger partial charge in [-0.15, -0.1) is 0 Å². The minimum absolute atomic E-state index is 0.151. The fourth-order valence-electron chi connectivity index (χ4n) is 2.36. The van der Waals surface area contributed by atoms with E-state index in [-0.39, 0.29) is 11.5 Å². The number of halogens is 3. The molecule has 0 amide bonds. The van der Waals surface area contributed by atoms with E-state index in [2.05, 4.69) is 33.0 Å². The van der Waals surface area contributed by atoms with Gasteiger partial charge in [0.15, 0.2) is 0 Å². The van der Waals surface area contributed by atoms with Gasteiger partial charge >= 0.3 is 0 Å². The summed E-state index contributed by atoms with van der Waals surface area (Å²) >= 11 is 18.4. The van der Waals surface area contributed by atoms with E-state index < -0.39 is 0 Å². The molecule has 1 aromatic rings. The predicted molar refractivity (Wildman–Crippen MR) is 95.8 cm³/mol. The molecule has 21 heavy (non-hydrogen) atoms. The molecule has 0 saturated heterocycles.